The molecular formula is C11H15N3O2. The molecule has 16 heavy (non-hydrogen) atoms. The number of hydrogen-bond acceptors (Lipinski definition) is 4. The summed E-state index contributed by atoms with van der Waals surface area (Å²) in [7, 11) is 1.41. The van der Waals surface area contributed by atoms with Crippen LogP contribution in [0.2, 0.25) is 0 Å². The molecule has 0 aliphatic carbocycles. The molecule has 0 atom stereocenters. The summed E-state index contributed by atoms with van der Waals surface area (Å²) < 4.78 is 4.69. The first-order chi connectivity index (χ1) is 7.81. The van der Waals surface area contributed by atoms with Crippen molar-refractivity contribution >= 4 is 11.8 Å². The number of carbonyl (C=O) groups is 1. The predicted octanol–water partition coefficient (Wildman–Crippen LogP) is 0.970. The standard InChI is InChI=1S/C11H15N3O2/c1-16-11(15)14-8-6-13(7-9-14)10-2-4-12-5-3-10/h2-5H,6-9H2,1H3. The van der Waals surface area contributed by atoms with Crippen LogP contribution in [0.5, 0.6) is 0 Å². The largest absolute Gasteiger partial charge is 0.453 e. The number of amides is 1. The Morgan fingerprint density at radius 3 is 2.44 bits per heavy atom. The molecule has 1 aromatic heterocycles. The molecule has 0 N–H and O–H groups in total. The maximum absolute atomic E-state index is 11.3. The van der Waals surface area contributed by atoms with Crippen LogP contribution in [0.3, 0.4) is 0 Å². The van der Waals surface area contributed by atoms with E-state index in [2.05, 4.69) is 14.6 Å². The van der Waals surface area contributed by atoms with Gasteiger partial charge in [-0.2, -0.15) is 0 Å². The summed E-state index contributed by atoms with van der Waals surface area (Å²) >= 11 is 0. The van der Waals surface area contributed by atoms with E-state index in [4.69, 9.17) is 0 Å². The Bertz CT molecular complexity index is 348. The molecule has 5 heteroatoms. The van der Waals surface area contributed by atoms with Gasteiger partial charge in [-0.3, -0.25) is 4.98 Å². The lowest BCUT2D eigenvalue weighted by Crippen LogP contribution is -2.48. The minimum atomic E-state index is -0.241. The molecule has 0 aromatic carbocycles. The third kappa shape index (κ3) is 2.24. The van der Waals surface area contributed by atoms with Crippen LogP contribution in [0.15, 0.2) is 24.5 Å². The summed E-state index contributed by atoms with van der Waals surface area (Å²) in [5, 5.41) is 0. The molecule has 2 rings (SSSR count). The number of ether oxygens (including phenoxy) is 1. The topological polar surface area (TPSA) is 45.7 Å². The first-order valence-corrected chi connectivity index (χ1v) is 5.29. The number of anilines is 1. The second-order valence-corrected chi connectivity index (χ2v) is 3.65. The van der Waals surface area contributed by atoms with Crippen molar-refractivity contribution < 1.29 is 9.53 Å². The van der Waals surface area contributed by atoms with Crippen LogP contribution in [0, 0.1) is 0 Å². The fourth-order valence-electron chi connectivity index (χ4n) is 1.83. The maximum atomic E-state index is 11.3. The third-order valence-electron chi connectivity index (χ3n) is 2.74. The smallest absolute Gasteiger partial charge is 0.409 e. The van der Waals surface area contributed by atoms with E-state index in [9.17, 15) is 4.79 Å². The van der Waals surface area contributed by atoms with Crippen LogP contribution in [0.1, 0.15) is 0 Å². The molecular weight excluding hydrogens is 206 g/mol. The Morgan fingerprint density at radius 1 is 1.25 bits per heavy atom. The molecule has 0 unspecified atom stereocenters. The number of piperazine rings is 1. The van der Waals surface area contributed by atoms with Gasteiger partial charge in [0, 0.05) is 44.3 Å². The molecule has 0 radical (unpaired) electrons. The highest BCUT2D eigenvalue weighted by molar-refractivity contribution is 5.67. The Hall–Kier alpha value is -1.78. The fourth-order valence-corrected chi connectivity index (χ4v) is 1.83. The highest BCUT2D eigenvalue weighted by Crippen LogP contribution is 2.14. The van der Waals surface area contributed by atoms with Crippen molar-refractivity contribution in [1.29, 1.82) is 0 Å². The van der Waals surface area contributed by atoms with Crippen molar-refractivity contribution in [2.24, 2.45) is 0 Å². The highest BCUT2D eigenvalue weighted by atomic mass is 16.5. The molecule has 1 saturated heterocycles. The lowest BCUT2D eigenvalue weighted by Gasteiger charge is -2.35. The first kappa shape index (κ1) is 10.7. The van der Waals surface area contributed by atoms with Gasteiger partial charge < -0.3 is 14.5 Å². The number of nitrogens with zero attached hydrogens (tertiary/aromatic N) is 3. The molecule has 0 saturated carbocycles. The number of aromatic nitrogens is 1. The van der Waals surface area contributed by atoms with Crippen molar-refractivity contribution in [3.8, 4) is 0 Å². The van der Waals surface area contributed by atoms with Crippen LogP contribution < -0.4 is 4.90 Å². The van der Waals surface area contributed by atoms with Crippen LogP contribution in [0.4, 0.5) is 10.5 Å². The van der Waals surface area contributed by atoms with Gasteiger partial charge in [0.2, 0.25) is 0 Å². The van der Waals surface area contributed by atoms with Crippen LogP contribution in [-0.4, -0.2) is 49.3 Å². The average Bonchev–Trinajstić information content (AvgIpc) is 2.39. The second kappa shape index (κ2) is 4.83. The van der Waals surface area contributed by atoms with Crippen LogP contribution in [-0.2, 0) is 4.74 Å². The van der Waals surface area contributed by atoms with Crippen molar-refractivity contribution in [2.45, 2.75) is 0 Å². The molecule has 5 nitrogen and oxygen atoms in total. The molecule has 0 bridgehead atoms. The van der Waals surface area contributed by atoms with Gasteiger partial charge in [-0.1, -0.05) is 0 Å². The van der Waals surface area contributed by atoms with E-state index in [1.165, 1.54) is 7.11 Å². The normalized spacial score (nSPS) is 16.1. The minimum absolute atomic E-state index is 0.241. The number of methoxy groups -OCH3 is 1. The van der Waals surface area contributed by atoms with Crippen molar-refractivity contribution in [3.05, 3.63) is 24.5 Å². The van der Waals surface area contributed by atoms with E-state index in [1.807, 2.05) is 12.1 Å². The monoisotopic (exact) mass is 221 g/mol. The Morgan fingerprint density at radius 2 is 1.88 bits per heavy atom. The second-order valence-electron chi connectivity index (χ2n) is 3.65. The molecule has 86 valence electrons. The predicted molar refractivity (Wildman–Crippen MR) is 60.4 cm³/mol. The minimum Gasteiger partial charge on any atom is -0.453 e. The number of rotatable bonds is 1. The van der Waals surface area contributed by atoms with Crippen LogP contribution >= 0.6 is 0 Å². The quantitative estimate of drug-likeness (QED) is 0.709. The lowest BCUT2D eigenvalue weighted by molar-refractivity contribution is 0.121. The first-order valence-electron chi connectivity index (χ1n) is 5.29. The molecule has 1 fully saturated rings. The van der Waals surface area contributed by atoms with E-state index in [0.29, 0.717) is 13.1 Å². The number of carbonyl (C=O) groups excluding carboxylic acids is 1. The lowest BCUT2D eigenvalue weighted by atomic mass is 10.3. The molecule has 1 aliphatic heterocycles. The van der Waals surface area contributed by atoms with Gasteiger partial charge in [0.05, 0.1) is 7.11 Å². The number of pyridine rings is 1. The number of hydrogen-bond donors (Lipinski definition) is 0. The Balaban J connectivity index is 1.93. The summed E-state index contributed by atoms with van der Waals surface area (Å²) in [6.07, 6.45) is 3.32. The summed E-state index contributed by atoms with van der Waals surface area (Å²) in [6, 6.07) is 3.96. The van der Waals surface area contributed by atoms with Gasteiger partial charge in [0.25, 0.3) is 0 Å². The summed E-state index contributed by atoms with van der Waals surface area (Å²) in [4.78, 5) is 19.2. The van der Waals surface area contributed by atoms with Crippen molar-refractivity contribution in [1.82, 2.24) is 9.88 Å². The van der Waals surface area contributed by atoms with Gasteiger partial charge in [-0.25, -0.2) is 4.79 Å². The SMILES string of the molecule is COC(=O)N1CCN(c2ccncc2)CC1. The van der Waals surface area contributed by atoms with Crippen LogP contribution in [0.25, 0.3) is 0 Å². The third-order valence-corrected chi connectivity index (χ3v) is 2.74. The Kier molecular flexibility index (Phi) is 3.24. The van der Waals surface area contributed by atoms with Gasteiger partial charge in [0.15, 0.2) is 0 Å². The zero-order valence-corrected chi connectivity index (χ0v) is 9.30. The van der Waals surface area contributed by atoms with Crippen molar-refractivity contribution in [3.63, 3.8) is 0 Å². The average molecular weight is 221 g/mol. The summed E-state index contributed by atoms with van der Waals surface area (Å²) in [6.45, 7) is 3.07. The molecule has 1 aromatic rings. The van der Waals surface area contributed by atoms with E-state index in [1.54, 1.807) is 17.3 Å². The molecule has 2 heterocycles. The Labute approximate surface area is 94.6 Å². The maximum Gasteiger partial charge on any atom is 0.409 e. The zero-order valence-electron chi connectivity index (χ0n) is 9.30. The molecule has 1 amide bonds. The van der Waals surface area contributed by atoms with Gasteiger partial charge in [0.1, 0.15) is 0 Å². The van der Waals surface area contributed by atoms with E-state index >= 15 is 0 Å². The highest BCUT2D eigenvalue weighted by Gasteiger charge is 2.21. The summed E-state index contributed by atoms with van der Waals surface area (Å²) in [5.41, 5.74) is 1.15. The van der Waals surface area contributed by atoms with Crippen molar-refractivity contribution in [2.75, 3.05) is 38.2 Å². The van der Waals surface area contributed by atoms with E-state index in [-0.39, 0.29) is 6.09 Å². The zero-order chi connectivity index (χ0) is 11.4. The van der Waals surface area contributed by atoms with Gasteiger partial charge in [-0.05, 0) is 12.1 Å². The van der Waals surface area contributed by atoms with Gasteiger partial charge >= 0.3 is 6.09 Å². The van der Waals surface area contributed by atoms with E-state index < -0.39 is 0 Å². The molecule has 0 spiro atoms. The molecule has 1 aliphatic rings. The van der Waals surface area contributed by atoms with E-state index in [0.717, 1.165) is 18.8 Å². The summed E-state index contributed by atoms with van der Waals surface area (Å²) in [5.74, 6) is 0. The van der Waals surface area contributed by atoms with Gasteiger partial charge in [-0.15, -0.1) is 0 Å². The fraction of sp³-hybridized carbons (Fsp3) is 0.455.